The van der Waals surface area contributed by atoms with Gasteiger partial charge in [-0.1, -0.05) is 0 Å². The molecule has 114 valence electrons. The third-order valence-corrected chi connectivity index (χ3v) is 3.46. The van der Waals surface area contributed by atoms with Crippen molar-refractivity contribution in [3.63, 3.8) is 0 Å². The lowest BCUT2D eigenvalue weighted by molar-refractivity contribution is -0.385. The molecule has 8 nitrogen and oxygen atoms in total. The van der Waals surface area contributed by atoms with Crippen molar-refractivity contribution >= 4 is 17.3 Å². The number of anilines is 1. The molecule has 0 spiro atoms. The number of hydrogen-bond acceptors (Lipinski definition) is 6. The highest BCUT2D eigenvalue weighted by atomic mass is 16.6. The first-order valence-electron chi connectivity index (χ1n) is 6.53. The first-order chi connectivity index (χ1) is 10.0. The van der Waals surface area contributed by atoms with Gasteiger partial charge >= 0.3 is 11.7 Å². The fourth-order valence-corrected chi connectivity index (χ4v) is 2.37. The van der Waals surface area contributed by atoms with Gasteiger partial charge in [-0.15, -0.1) is 0 Å². The van der Waals surface area contributed by atoms with Gasteiger partial charge in [0.25, 0.3) is 0 Å². The summed E-state index contributed by atoms with van der Waals surface area (Å²) in [6, 6.07) is 4.76. The average molecular weight is 295 g/mol. The summed E-state index contributed by atoms with van der Waals surface area (Å²) in [7, 11) is 1.40. The lowest BCUT2D eigenvalue weighted by Gasteiger charge is -2.35. The van der Waals surface area contributed by atoms with Gasteiger partial charge in [0, 0.05) is 44.0 Å². The Morgan fingerprint density at radius 1 is 1.38 bits per heavy atom. The van der Waals surface area contributed by atoms with E-state index in [2.05, 4.69) is 4.90 Å². The standard InChI is InChI=1S/C13H17N3O5/c1-21-12-8-10(2-3-11(12)16(19)20)15-6-4-14(5-7-15)9-13(17)18/h2-3,8H,4-7,9H2,1H3,(H,17,18). The van der Waals surface area contributed by atoms with Gasteiger partial charge in [-0.25, -0.2) is 0 Å². The predicted molar refractivity (Wildman–Crippen MR) is 75.9 cm³/mol. The molecule has 1 aliphatic heterocycles. The van der Waals surface area contributed by atoms with E-state index < -0.39 is 10.9 Å². The molecule has 0 unspecified atom stereocenters. The van der Waals surface area contributed by atoms with Gasteiger partial charge in [0.1, 0.15) is 0 Å². The van der Waals surface area contributed by atoms with Crippen molar-refractivity contribution in [3.05, 3.63) is 28.3 Å². The van der Waals surface area contributed by atoms with Crippen LogP contribution in [0.3, 0.4) is 0 Å². The van der Waals surface area contributed by atoms with Crippen molar-refractivity contribution in [1.82, 2.24) is 4.90 Å². The first-order valence-corrected chi connectivity index (χ1v) is 6.53. The van der Waals surface area contributed by atoms with Crippen molar-refractivity contribution < 1.29 is 19.6 Å². The normalized spacial score (nSPS) is 15.8. The molecule has 1 aromatic rings. The molecule has 0 aliphatic carbocycles. The monoisotopic (exact) mass is 295 g/mol. The summed E-state index contributed by atoms with van der Waals surface area (Å²) in [5, 5.41) is 19.6. The van der Waals surface area contributed by atoms with E-state index in [4.69, 9.17) is 9.84 Å². The van der Waals surface area contributed by atoms with Crippen LogP contribution in [0, 0.1) is 10.1 Å². The fraction of sp³-hybridized carbons (Fsp3) is 0.462. The number of piperazine rings is 1. The zero-order valence-corrected chi connectivity index (χ0v) is 11.7. The molecule has 0 atom stereocenters. The third kappa shape index (κ3) is 3.60. The van der Waals surface area contributed by atoms with Crippen LogP contribution in [-0.2, 0) is 4.79 Å². The number of ether oxygens (including phenoxy) is 1. The Hall–Kier alpha value is -2.35. The Morgan fingerprint density at radius 3 is 2.57 bits per heavy atom. The predicted octanol–water partition coefficient (Wildman–Crippen LogP) is 0.810. The maximum Gasteiger partial charge on any atom is 0.317 e. The number of methoxy groups -OCH3 is 1. The molecule has 0 bridgehead atoms. The number of nitro groups is 1. The van der Waals surface area contributed by atoms with E-state index in [0.29, 0.717) is 26.2 Å². The number of rotatable bonds is 5. The Balaban J connectivity index is 2.06. The van der Waals surface area contributed by atoms with Gasteiger partial charge in [-0.3, -0.25) is 19.8 Å². The summed E-state index contributed by atoms with van der Waals surface area (Å²) in [6.45, 7) is 2.68. The number of hydrogen-bond donors (Lipinski definition) is 1. The highest BCUT2D eigenvalue weighted by molar-refractivity contribution is 5.69. The summed E-state index contributed by atoms with van der Waals surface area (Å²) in [5.41, 5.74) is 0.776. The van der Waals surface area contributed by atoms with E-state index in [0.717, 1.165) is 5.69 Å². The number of carboxylic acid groups (broad SMARTS) is 1. The van der Waals surface area contributed by atoms with Crippen LogP contribution in [0.1, 0.15) is 0 Å². The Morgan fingerprint density at radius 2 is 2.05 bits per heavy atom. The SMILES string of the molecule is COc1cc(N2CCN(CC(=O)O)CC2)ccc1[N+](=O)[O-]. The van der Waals surface area contributed by atoms with Gasteiger partial charge in [0.15, 0.2) is 5.75 Å². The zero-order valence-electron chi connectivity index (χ0n) is 11.7. The fourth-order valence-electron chi connectivity index (χ4n) is 2.37. The summed E-state index contributed by atoms with van der Waals surface area (Å²) >= 11 is 0. The van der Waals surface area contributed by atoms with Crippen LogP contribution >= 0.6 is 0 Å². The lowest BCUT2D eigenvalue weighted by atomic mass is 10.2. The molecule has 0 aromatic heterocycles. The number of benzene rings is 1. The number of aliphatic carboxylic acids is 1. The van der Waals surface area contributed by atoms with Crippen LogP contribution in [-0.4, -0.2) is 60.7 Å². The van der Waals surface area contributed by atoms with Crippen LogP contribution in [0.25, 0.3) is 0 Å². The Bertz CT molecular complexity index is 541. The van der Waals surface area contributed by atoms with Crippen molar-refractivity contribution in [2.75, 3.05) is 44.7 Å². The van der Waals surface area contributed by atoms with Crippen molar-refractivity contribution in [2.24, 2.45) is 0 Å². The molecule has 1 fully saturated rings. The molecule has 2 rings (SSSR count). The number of carbonyl (C=O) groups is 1. The zero-order chi connectivity index (χ0) is 15.4. The van der Waals surface area contributed by atoms with Crippen LogP contribution in [0.2, 0.25) is 0 Å². The maximum absolute atomic E-state index is 10.9. The van der Waals surface area contributed by atoms with Gasteiger partial charge in [0.05, 0.1) is 18.6 Å². The van der Waals surface area contributed by atoms with Gasteiger partial charge < -0.3 is 14.7 Å². The summed E-state index contributed by atoms with van der Waals surface area (Å²) in [5.74, 6) is -0.606. The third-order valence-electron chi connectivity index (χ3n) is 3.46. The quantitative estimate of drug-likeness (QED) is 0.634. The van der Waals surface area contributed by atoms with Crippen LogP contribution in [0.15, 0.2) is 18.2 Å². The van der Waals surface area contributed by atoms with E-state index in [1.54, 1.807) is 12.1 Å². The second-order valence-corrected chi connectivity index (χ2v) is 4.77. The summed E-state index contributed by atoms with van der Waals surface area (Å²) < 4.78 is 5.06. The second-order valence-electron chi connectivity index (χ2n) is 4.77. The van der Waals surface area contributed by atoms with Gasteiger partial charge in [-0.05, 0) is 6.07 Å². The number of nitro benzene ring substituents is 1. The maximum atomic E-state index is 10.9. The van der Waals surface area contributed by atoms with Crippen LogP contribution < -0.4 is 9.64 Å². The molecule has 0 saturated carbocycles. The van der Waals surface area contributed by atoms with E-state index >= 15 is 0 Å². The summed E-state index contributed by atoms with van der Waals surface area (Å²) in [6.07, 6.45) is 0. The molecular weight excluding hydrogens is 278 g/mol. The van der Waals surface area contributed by atoms with Gasteiger partial charge in [0.2, 0.25) is 0 Å². The number of carboxylic acids is 1. The number of nitrogens with zero attached hydrogens (tertiary/aromatic N) is 3. The topological polar surface area (TPSA) is 96.2 Å². The van der Waals surface area contributed by atoms with E-state index in [1.807, 2.05) is 4.90 Å². The summed E-state index contributed by atoms with van der Waals surface area (Å²) in [4.78, 5) is 25.0. The van der Waals surface area contributed by atoms with Crippen molar-refractivity contribution in [3.8, 4) is 5.75 Å². The average Bonchev–Trinajstić information content (AvgIpc) is 2.46. The highest BCUT2D eigenvalue weighted by Crippen LogP contribution is 2.31. The molecule has 0 amide bonds. The lowest BCUT2D eigenvalue weighted by Crippen LogP contribution is -2.47. The molecule has 1 N–H and O–H groups in total. The highest BCUT2D eigenvalue weighted by Gasteiger charge is 2.21. The minimum absolute atomic E-state index is 0.0391. The molecule has 21 heavy (non-hydrogen) atoms. The van der Waals surface area contributed by atoms with Crippen molar-refractivity contribution in [1.29, 1.82) is 0 Å². The smallest absolute Gasteiger partial charge is 0.317 e. The molecule has 0 radical (unpaired) electrons. The first kappa shape index (κ1) is 15.0. The van der Waals surface area contributed by atoms with Crippen molar-refractivity contribution in [2.45, 2.75) is 0 Å². The molecule has 8 heteroatoms. The molecule has 1 aromatic carbocycles. The second kappa shape index (κ2) is 6.40. The van der Waals surface area contributed by atoms with E-state index in [9.17, 15) is 14.9 Å². The Labute approximate surface area is 121 Å². The largest absolute Gasteiger partial charge is 0.490 e. The van der Waals surface area contributed by atoms with E-state index in [-0.39, 0.29) is 18.0 Å². The molecule has 1 saturated heterocycles. The molecule has 1 aliphatic rings. The van der Waals surface area contributed by atoms with Crippen LogP contribution in [0.4, 0.5) is 11.4 Å². The molecular formula is C13H17N3O5. The van der Waals surface area contributed by atoms with Gasteiger partial charge in [-0.2, -0.15) is 0 Å². The Kier molecular flexibility index (Phi) is 4.59. The van der Waals surface area contributed by atoms with E-state index in [1.165, 1.54) is 13.2 Å². The van der Waals surface area contributed by atoms with Crippen LogP contribution in [0.5, 0.6) is 5.75 Å². The minimum Gasteiger partial charge on any atom is -0.490 e. The molecule has 1 heterocycles. The minimum atomic E-state index is -0.833.